The minimum atomic E-state index is -1.35. The Labute approximate surface area is 246 Å². The Hall–Kier alpha value is -4.46. The molecule has 0 aromatic rings. The van der Waals surface area contributed by atoms with Crippen molar-refractivity contribution in [3.05, 3.63) is 22.4 Å². The number of rotatable bonds is 11. The fraction of sp³-hybridized carbons (Fsp3) is 0.455. The van der Waals surface area contributed by atoms with E-state index in [9.17, 15) is 24.0 Å². The number of hydrazone groups is 2. The van der Waals surface area contributed by atoms with Crippen LogP contribution in [0.1, 0.15) is 34.1 Å². The highest BCUT2D eigenvalue weighted by Gasteiger charge is 2.54. The number of nitrogens with two attached hydrogens (primary N) is 2. The predicted octanol–water partition coefficient (Wildman–Crippen LogP) is -0.592. The van der Waals surface area contributed by atoms with E-state index in [1.807, 2.05) is 0 Å². The van der Waals surface area contributed by atoms with Gasteiger partial charge in [0.1, 0.15) is 23.5 Å². The first-order valence-electron chi connectivity index (χ1n) is 12.1. The summed E-state index contributed by atoms with van der Waals surface area (Å²) in [5, 5.41) is 10.7. The molecule has 228 valence electrons. The monoisotopic (exact) mass is 627 g/mol. The number of nitrogens with zero attached hydrogens (tertiary/aromatic N) is 5. The Kier molecular flexibility index (Phi) is 11.0. The van der Waals surface area contributed by atoms with Gasteiger partial charge in [0.25, 0.3) is 5.91 Å². The van der Waals surface area contributed by atoms with Crippen molar-refractivity contribution in [2.75, 3.05) is 5.75 Å². The lowest BCUT2D eigenvalue weighted by Gasteiger charge is -2.49. The highest BCUT2D eigenvalue weighted by Crippen LogP contribution is 2.40. The summed E-state index contributed by atoms with van der Waals surface area (Å²) < 4.78 is 18.7. The van der Waals surface area contributed by atoms with Crippen LogP contribution >= 0.6 is 11.8 Å². The normalized spacial score (nSPS) is 22.4. The van der Waals surface area contributed by atoms with Gasteiger partial charge in [-0.3, -0.25) is 19.9 Å². The molecule has 4 atom stereocenters. The number of nitrogens with one attached hydrogen (secondary N) is 2. The third-order valence-corrected chi connectivity index (χ3v) is 7.66. The molecule has 1 fully saturated rings. The third kappa shape index (κ3) is 8.28. The maximum Gasteiger partial charge on any atom is 0.511 e. The van der Waals surface area contributed by atoms with Crippen LogP contribution in [0.25, 0.3) is 0 Å². The van der Waals surface area contributed by atoms with Gasteiger partial charge < -0.3 is 35.9 Å². The number of β-lactam (4-membered cyclic amide) rings is 1. The number of carbonyl (C=O) groups excluding carboxylic acids is 5. The topological polar surface area (TPSA) is 251 Å². The summed E-state index contributed by atoms with van der Waals surface area (Å²) in [5.74, 6) is 2.50. The molecule has 3 heterocycles. The molecule has 3 rings (SSSR count). The lowest BCUT2D eigenvalue weighted by Crippen LogP contribution is -2.70. The molecule has 1 saturated heterocycles. The Balaban J connectivity index is 1.71. The Morgan fingerprint density at radius 1 is 1.26 bits per heavy atom. The van der Waals surface area contributed by atoms with E-state index >= 15 is 0 Å². The van der Waals surface area contributed by atoms with Gasteiger partial charge in [-0.05, 0) is 18.4 Å². The molecule has 6 N–H and O–H groups in total. The van der Waals surface area contributed by atoms with Crippen LogP contribution in [0.5, 0.6) is 0 Å². The van der Waals surface area contributed by atoms with Crippen LogP contribution in [0.2, 0.25) is 0 Å². The lowest BCUT2D eigenvalue weighted by molar-refractivity contribution is -0.169. The summed E-state index contributed by atoms with van der Waals surface area (Å²) in [7, 11) is -1.12. The van der Waals surface area contributed by atoms with E-state index in [1.54, 1.807) is 13.8 Å². The lowest BCUT2D eigenvalue weighted by atomic mass is 10.0. The summed E-state index contributed by atoms with van der Waals surface area (Å²) in [6, 6.07) is -0.965. The van der Waals surface area contributed by atoms with Crippen molar-refractivity contribution >= 4 is 70.1 Å². The molecular formula is C22H29N9O9S2. The summed E-state index contributed by atoms with van der Waals surface area (Å²) in [4.78, 5) is 71.6. The number of amides is 2. The smallest absolute Gasteiger partial charge is 0.431 e. The highest BCUT2D eigenvalue weighted by molar-refractivity contribution is 8.05. The van der Waals surface area contributed by atoms with Crippen LogP contribution in [0, 0.1) is 0 Å². The molecule has 0 radical (unpaired) electrons. The molecule has 0 aromatic carbocycles. The van der Waals surface area contributed by atoms with Crippen molar-refractivity contribution in [1.82, 2.24) is 15.6 Å². The second kappa shape index (κ2) is 14.4. The van der Waals surface area contributed by atoms with E-state index < -0.39 is 64.4 Å². The van der Waals surface area contributed by atoms with Crippen LogP contribution in [-0.2, 0) is 48.9 Å². The number of fused-ring (bicyclic) bond motifs is 1. The maximum atomic E-state index is 13.2. The van der Waals surface area contributed by atoms with E-state index in [4.69, 9.17) is 25.8 Å². The van der Waals surface area contributed by atoms with E-state index in [0.717, 1.165) is 6.34 Å². The molecule has 0 saturated carbocycles. The minimum absolute atomic E-state index is 0.0677. The van der Waals surface area contributed by atoms with Crippen molar-refractivity contribution in [3.63, 3.8) is 0 Å². The standard InChI is InChI=1S/C22H29N9O9S2/c1-10(2)37-22(36)39-12(4)38-20(35)17-13(6-26-27-9-25-24)7-41-19-16(18(34)31(17)19)29-15(33)5-14-8-42(21(23)28-14)30-40-11(3)32/h6,8-10,12,16,19H,5,7,24H2,1-4H3,(H2,23,28)(H,25,27)(H,29,33)/b26-6+. The fourth-order valence-corrected chi connectivity index (χ4v) is 5.85. The van der Waals surface area contributed by atoms with Crippen LogP contribution in [0.15, 0.2) is 42.1 Å². The number of hydrogen-bond acceptors (Lipinski definition) is 16. The first kappa shape index (κ1) is 32.1. The van der Waals surface area contributed by atoms with E-state index in [2.05, 4.69) is 35.3 Å². The van der Waals surface area contributed by atoms with Crippen LogP contribution < -0.4 is 22.3 Å². The van der Waals surface area contributed by atoms with Crippen molar-refractivity contribution in [3.8, 4) is 0 Å². The van der Waals surface area contributed by atoms with Gasteiger partial charge in [0.15, 0.2) is 5.17 Å². The molecule has 18 nitrogen and oxygen atoms in total. The zero-order valence-corrected chi connectivity index (χ0v) is 24.5. The number of hydrogen-bond donors (Lipinski definition) is 4. The number of esters is 1. The molecule has 3 aliphatic heterocycles. The number of ether oxygens (including phenoxy) is 3. The van der Waals surface area contributed by atoms with Crippen molar-refractivity contribution in [2.24, 2.45) is 31.3 Å². The van der Waals surface area contributed by atoms with Gasteiger partial charge in [-0.2, -0.15) is 10.2 Å². The summed E-state index contributed by atoms with van der Waals surface area (Å²) in [6.07, 6.45) is -0.687. The van der Waals surface area contributed by atoms with Crippen molar-refractivity contribution in [2.45, 2.75) is 57.9 Å². The maximum absolute atomic E-state index is 13.2. The summed E-state index contributed by atoms with van der Waals surface area (Å²) >= 11 is 1.27. The number of thioether (sulfide) groups is 1. The van der Waals surface area contributed by atoms with Gasteiger partial charge in [0.2, 0.25) is 12.2 Å². The summed E-state index contributed by atoms with van der Waals surface area (Å²) in [6.45, 7) is 5.72. The third-order valence-electron chi connectivity index (χ3n) is 5.11. The van der Waals surface area contributed by atoms with Gasteiger partial charge >= 0.3 is 18.1 Å². The van der Waals surface area contributed by atoms with Gasteiger partial charge in [0, 0.05) is 41.3 Å². The SMILES string of the molecule is CC(=O)O/N=S1\C=C(CC(=O)NC2C(=O)N3C(C(=O)OC(C)OC(=O)OC(C)C)=C(/C=N/N/C=N/N)CSC23)N=C1N. The molecule has 0 aliphatic carbocycles. The first-order chi connectivity index (χ1) is 19.9. The van der Waals surface area contributed by atoms with Gasteiger partial charge in [-0.1, -0.05) is 0 Å². The number of aliphatic imine (C=N–C) groups is 1. The van der Waals surface area contributed by atoms with Crippen LogP contribution in [-0.4, -0.2) is 82.1 Å². The van der Waals surface area contributed by atoms with Crippen LogP contribution in [0.3, 0.4) is 0 Å². The van der Waals surface area contributed by atoms with Crippen LogP contribution in [0.4, 0.5) is 4.79 Å². The molecular weight excluding hydrogens is 598 g/mol. The fourth-order valence-electron chi connectivity index (χ4n) is 3.53. The zero-order chi connectivity index (χ0) is 31.0. The molecule has 0 aromatic heterocycles. The Morgan fingerprint density at radius 2 is 2.00 bits per heavy atom. The molecule has 0 bridgehead atoms. The second-order valence-electron chi connectivity index (χ2n) is 8.71. The van der Waals surface area contributed by atoms with Gasteiger partial charge in [-0.15, -0.1) is 11.8 Å². The van der Waals surface area contributed by atoms with E-state index in [0.29, 0.717) is 5.57 Å². The zero-order valence-electron chi connectivity index (χ0n) is 22.8. The molecule has 2 amide bonds. The van der Waals surface area contributed by atoms with Gasteiger partial charge in [0.05, 0.1) is 24.4 Å². The highest BCUT2D eigenvalue weighted by atomic mass is 32.2. The first-order valence-corrected chi connectivity index (χ1v) is 14.4. The quantitative estimate of drug-likeness (QED) is 0.0426. The molecule has 4 unspecified atom stereocenters. The van der Waals surface area contributed by atoms with E-state index in [-0.39, 0.29) is 28.7 Å². The second-order valence-corrected chi connectivity index (χ2v) is 11.2. The minimum Gasteiger partial charge on any atom is -0.431 e. The summed E-state index contributed by atoms with van der Waals surface area (Å²) in [5.41, 5.74) is 8.65. The molecule has 20 heteroatoms. The van der Waals surface area contributed by atoms with Crippen molar-refractivity contribution < 1.29 is 43.0 Å². The number of amidine groups is 1. The van der Waals surface area contributed by atoms with Crippen molar-refractivity contribution in [1.29, 1.82) is 0 Å². The Bertz CT molecular complexity index is 1330. The molecule has 3 aliphatic rings. The predicted molar refractivity (Wildman–Crippen MR) is 150 cm³/mol. The van der Waals surface area contributed by atoms with Gasteiger partial charge in [-0.25, -0.2) is 19.4 Å². The largest absolute Gasteiger partial charge is 0.511 e. The average molecular weight is 628 g/mol. The molecule has 0 spiro atoms. The Morgan fingerprint density at radius 3 is 2.67 bits per heavy atom. The van der Waals surface area contributed by atoms with E-state index in [1.165, 1.54) is 42.1 Å². The molecule has 42 heavy (non-hydrogen) atoms. The number of carbonyl (C=O) groups is 5. The average Bonchev–Trinajstić information content (AvgIpc) is 3.25.